The number of ether oxygens (including phenoxy) is 1. The molecule has 0 amide bonds. The van der Waals surface area contributed by atoms with Gasteiger partial charge in [0.2, 0.25) is 0 Å². The molecule has 0 saturated carbocycles. The number of esters is 1. The maximum atomic E-state index is 13.8. The molecule has 3 nitrogen and oxygen atoms in total. The second-order valence-corrected chi connectivity index (χ2v) is 5.88. The van der Waals surface area contributed by atoms with E-state index in [1.807, 2.05) is 17.5 Å². The lowest BCUT2D eigenvalue weighted by molar-refractivity contribution is -0.141. The Hall–Kier alpha value is -1.43. The van der Waals surface area contributed by atoms with Gasteiger partial charge in [-0.3, -0.25) is 4.79 Å². The number of carbonyl (C=O) groups excluding carboxylic acids is 1. The first-order chi connectivity index (χ1) is 10.1. The molecule has 0 aliphatic rings. The molecule has 2 aromatic rings. The third-order valence-corrected chi connectivity index (χ3v) is 4.26. The minimum absolute atomic E-state index is 0.201. The molecule has 112 valence electrons. The molecule has 0 bridgehead atoms. The minimum Gasteiger partial charge on any atom is -0.469 e. The summed E-state index contributed by atoms with van der Waals surface area (Å²) in [7, 11) is 1.35. The van der Waals surface area contributed by atoms with Gasteiger partial charge in [0.15, 0.2) is 0 Å². The van der Waals surface area contributed by atoms with Crippen LogP contribution in [0, 0.1) is 5.82 Å². The highest BCUT2D eigenvalue weighted by atomic mass is 35.5. The first-order valence-corrected chi connectivity index (χ1v) is 7.63. The number of rotatable bonds is 6. The van der Waals surface area contributed by atoms with Gasteiger partial charge in [0.25, 0.3) is 0 Å². The average Bonchev–Trinajstić information content (AvgIpc) is 2.98. The Morgan fingerprint density at radius 2 is 2.29 bits per heavy atom. The smallest absolute Gasteiger partial charge is 0.307 e. The van der Waals surface area contributed by atoms with Gasteiger partial charge in [0.1, 0.15) is 5.82 Å². The molecule has 21 heavy (non-hydrogen) atoms. The molecule has 1 unspecified atom stereocenters. The molecule has 2 rings (SSSR count). The van der Waals surface area contributed by atoms with Crippen molar-refractivity contribution in [3.05, 3.63) is 57.0 Å². The minimum atomic E-state index is -0.363. The third-order valence-electron chi connectivity index (χ3n) is 3.04. The van der Waals surface area contributed by atoms with Gasteiger partial charge in [-0.05, 0) is 23.6 Å². The number of benzene rings is 1. The van der Waals surface area contributed by atoms with Crippen LogP contribution in [0.2, 0.25) is 5.02 Å². The zero-order chi connectivity index (χ0) is 15.2. The van der Waals surface area contributed by atoms with Crippen LogP contribution in [0.4, 0.5) is 4.39 Å². The highest BCUT2D eigenvalue weighted by Gasteiger charge is 2.17. The van der Waals surface area contributed by atoms with Crippen molar-refractivity contribution in [2.75, 3.05) is 7.11 Å². The van der Waals surface area contributed by atoms with E-state index in [4.69, 9.17) is 16.3 Å². The van der Waals surface area contributed by atoms with E-state index in [0.717, 1.165) is 4.88 Å². The topological polar surface area (TPSA) is 38.3 Å². The summed E-state index contributed by atoms with van der Waals surface area (Å²) in [6.07, 6.45) is 0.201. The number of methoxy groups -OCH3 is 1. The van der Waals surface area contributed by atoms with Crippen molar-refractivity contribution in [1.82, 2.24) is 5.32 Å². The van der Waals surface area contributed by atoms with Crippen molar-refractivity contribution in [2.24, 2.45) is 0 Å². The summed E-state index contributed by atoms with van der Waals surface area (Å²) in [6.45, 7) is 0.308. The van der Waals surface area contributed by atoms with Gasteiger partial charge >= 0.3 is 5.97 Å². The van der Waals surface area contributed by atoms with Gasteiger partial charge in [0.05, 0.1) is 19.6 Å². The zero-order valence-electron chi connectivity index (χ0n) is 11.4. The number of nitrogens with one attached hydrogen (secondary N) is 1. The van der Waals surface area contributed by atoms with E-state index in [2.05, 4.69) is 5.32 Å². The molecule has 1 heterocycles. The third kappa shape index (κ3) is 4.52. The van der Waals surface area contributed by atoms with E-state index in [0.29, 0.717) is 17.1 Å². The highest BCUT2D eigenvalue weighted by molar-refractivity contribution is 7.10. The van der Waals surface area contributed by atoms with Crippen molar-refractivity contribution in [3.63, 3.8) is 0 Å². The molecule has 1 atom stereocenters. The Bertz CT molecular complexity index is 604. The largest absolute Gasteiger partial charge is 0.469 e. The monoisotopic (exact) mass is 327 g/mol. The van der Waals surface area contributed by atoms with Gasteiger partial charge in [0, 0.05) is 22.0 Å². The van der Waals surface area contributed by atoms with E-state index < -0.39 is 0 Å². The molecule has 0 aliphatic heterocycles. The fourth-order valence-corrected chi connectivity index (χ4v) is 2.87. The quantitative estimate of drug-likeness (QED) is 0.817. The molecule has 6 heteroatoms. The van der Waals surface area contributed by atoms with Gasteiger partial charge in [-0.15, -0.1) is 11.3 Å². The molecule has 0 aliphatic carbocycles. The van der Waals surface area contributed by atoms with Crippen molar-refractivity contribution in [2.45, 2.75) is 19.0 Å². The normalized spacial score (nSPS) is 12.1. The van der Waals surface area contributed by atoms with E-state index in [-0.39, 0.29) is 24.2 Å². The first kappa shape index (κ1) is 15.9. The maximum Gasteiger partial charge on any atom is 0.307 e. The Labute approximate surface area is 131 Å². The lowest BCUT2D eigenvalue weighted by atomic mass is 10.1. The Morgan fingerprint density at radius 1 is 1.48 bits per heavy atom. The van der Waals surface area contributed by atoms with Crippen molar-refractivity contribution in [1.29, 1.82) is 0 Å². The van der Waals surface area contributed by atoms with Gasteiger partial charge < -0.3 is 10.1 Å². The molecule has 0 fully saturated rings. The number of hydrogen-bond donors (Lipinski definition) is 1. The number of thiophene rings is 1. The maximum absolute atomic E-state index is 13.8. The summed E-state index contributed by atoms with van der Waals surface area (Å²) in [5.74, 6) is -0.671. The van der Waals surface area contributed by atoms with Crippen molar-refractivity contribution >= 4 is 28.9 Å². The number of carbonyl (C=O) groups is 1. The predicted molar refractivity (Wildman–Crippen MR) is 81.9 cm³/mol. The molecule has 0 saturated heterocycles. The lowest BCUT2D eigenvalue weighted by Gasteiger charge is -2.16. The van der Waals surface area contributed by atoms with Crippen LogP contribution in [-0.4, -0.2) is 13.1 Å². The van der Waals surface area contributed by atoms with Gasteiger partial charge in [-0.1, -0.05) is 23.7 Å². The number of hydrogen-bond acceptors (Lipinski definition) is 4. The molecule has 0 spiro atoms. The van der Waals surface area contributed by atoms with E-state index >= 15 is 0 Å². The summed E-state index contributed by atoms with van der Waals surface area (Å²) in [6, 6.07) is 8.20. The van der Waals surface area contributed by atoms with Gasteiger partial charge in [-0.2, -0.15) is 0 Å². The number of halogens is 2. The molecular formula is C15H15ClFNO2S. The van der Waals surface area contributed by atoms with Crippen LogP contribution in [0.25, 0.3) is 0 Å². The van der Waals surface area contributed by atoms with E-state index in [1.54, 1.807) is 23.5 Å². The second-order valence-electron chi connectivity index (χ2n) is 4.46. The zero-order valence-corrected chi connectivity index (χ0v) is 13.0. The first-order valence-electron chi connectivity index (χ1n) is 6.37. The van der Waals surface area contributed by atoms with Crippen LogP contribution >= 0.6 is 22.9 Å². The van der Waals surface area contributed by atoms with E-state index in [9.17, 15) is 9.18 Å². The summed E-state index contributed by atoms with van der Waals surface area (Å²) in [5.41, 5.74) is 0.505. The van der Waals surface area contributed by atoms with Crippen molar-refractivity contribution in [3.8, 4) is 0 Å². The van der Waals surface area contributed by atoms with Crippen LogP contribution in [0.3, 0.4) is 0 Å². The van der Waals surface area contributed by atoms with E-state index in [1.165, 1.54) is 13.2 Å². The SMILES string of the molecule is COC(=O)CC(NCc1ccc(Cl)cc1F)c1cccs1. The summed E-state index contributed by atoms with van der Waals surface area (Å²) in [4.78, 5) is 12.5. The second kappa shape index (κ2) is 7.54. The Morgan fingerprint density at radius 3 is 2.90 bits per heavy atom. The average molecular weight is 328 g/mol. The highest BCUT2D eigenvalue weighted by Crippen LogP contribution is 2.23. The fourth-order valence-electron chi connectivity index (χ4n) is 1.91. The summed E-state index contributed by atoms with van der Waals surface area (Å²) in [5, 5.41) is 5.49. The van der Waals surface area contributed by atoms with Crippen LogP contribution in [-0.2, 0) is 16.1 Å². The van der Waals surface area contributed by atoms with Gasteiger partial charge in [-0.25, -0.2) is 4.39 Å². The molecule has 1 N–H and O–H groups in total. The Balaban J connectivity index is 2.06. The molecule has 1 aromatic heterocycles. The van der Waals surface area contributed by atoms with Crippen LogP contribution in [0.1, 0.15) is 22.9 Å². The molecular weight excluding hydrogens is 313 g/mol. The van der Waals surface area contributed by atoms with Crippen LogP contribution in [0.15, 0.2) is 35.7 Å². The lowest BCUT2D eigenvalue weighted by Crippen LogP contribution is -2.23. The fraction of sp³-hybridized carbons (Fsp3) is 0.267. The standard InChI is InChI=1S/C15H15ClFNO2S/c1-20-15(19)8-13(14-3-2-6-21-14)18-9-10-4-5-11(16)7-12(10)17/h2-7,13,18H,8-9H2,1H3. The van der Waals surface area contributed by atoms with Crippen LogP contribution in [0.5, 0.6) is 0 Å². The Kier molecular flexibility index (Phi) is 5.73. The van der Waals surface area contributed by atoms with Crippen molar-refractivity contribution < 1.29 is 13.9 Å². The summed E-state index contributed by atoms with van der Waals surface area (Å²) < 4.78 is 18.5. The molecule has 0 radical (unpaired) electrons. The van der Waals surface area contributed by atoms with Crippen LogP contribution < -0.4 is 5.32 Å². The predicted octanol–water partition coefficient (Wildman–Crippen LogP) is 3.93. The molecule has 1 aromatic carbocycles. The summed E-state index contributed by atoms with van der Waals surface area (Å²) >= 11 is 7.27.